The van der Waals surface area contributed by atoms with Crippen molar-refractivity contribution in [2.45, 2.75) is 6.92 Å². The second kappa shape index (κ2) is 5.76. The Labute approximate surface area is 117 Å². The fraction of sp³-hybridized carbons (Fsp3) is 0.0625. The summed E-state index contributed by atoms with van der Waals surface area (Å²) in [6, 6.07) is 11.7. The van der Waals surface area contributed by atoms with E-state index < -0.39 is 5.82 Å². The zero-order chi connectivity index (χ0) is 13.8. The number of aryl methyl sites for hydroxylation is 1. The van der Waals surface area contributed by atoms with Crippen molar-refractivity contribution in [3.05, 3.63) is 71.0 Å². The lowest BCUT2D eigenvalue weighted by Crippen LogP contribution is -1.94. The van der Waals surface area contributed by atoms with Crippen molar-refractivity contribution in [1.82, 2.24) is 0 Å². The van der Waals surface area contributed by atoms with E-state index in [-0.39, 0.29) is 5.75 Å². The van der Waals surface area contributed by atoms with Crippen LogP contribution in [0.1, 0.15) is 16.7 Å². The van der Waals surface area contributed by atoms with Crippen molar-refractivity contribution < 1.29 is 9.50 Å². The molecule has 0 bridgehead atoms. The topological polar surface area (TPSA) is 20.2 Å². The Morgan fingerprint density at radius 2 is 1.84 bits per heavy atom. The smallest absolute Gasteiger partial charge is 0.124 e. The Morgan fingerprint density at radius 1 is 1.16 bits per heavy atom. The van der Waals surface area contributed by atoms with Crippen LogP contribution in [0, 0.1) is 12.7 Å². The Hall–Kier alpha value is -2.00. The van der Waals surface area contributed by atoms with Gasteiger partial charge in [0.1, 0.15) is 11.6 Å². The summed E-state index contributed by atoms with van der Waals surface area (Å²) in [5.41, 5.74) is 2.52. The van der Waals surface area contributed by atoms with Gasteiger partial charge in [-0.25, -0.2) is 4.39 Å². The Morgan fingerprint density at radius 3 is 2.53 bits per heavy atom. The van der Waals surface area contributed by atoms with Crippen LogP contribution in [0.15, 0.2) is 48.5 Å². The van der Waals surface area contributed by atoms with Gasteiger partial charge in [0, 0.05) is 10.4 Å². The highest BCUT2D eigenvalue weighted by Crippen LogP contribution is 2.20. The van der Waals surface area contributed by atoms with Crippen molar-refractivity contribution in [2.24, 2.45) is 0 Å². The Balaban J connectivity index is 2.21. The van der Waals surface area contributed by atoms with E-state index in [0.29, 0.717) is 10.4 Å². The molecule has 2 rings (SSSR count). The highest BCUT2D eigenvalue weighted by atomic mass is 32.1. The fourth-order valence-electron chi connectivity index (χ4n) is 1.64. The molecule has 0 aromatic heterocycles. The van der Waals surface area contributed by atoms with Crippen molar-refractivity contribution >= 4 is 23.2 Å². The molecule has 0 aliphatic heterocycles. The van der Waals surface area contributed by atoms with Gasteiger partial charge in [0.05, 0.1) is 0 Å². The highest BCUT2D eigenvalue weighted by molar-refractivity contribution is 7.81. The average Bonchev–Trinajstić information content (AvgIpc) is 2.40. The van der Waals surface area contributed by atoms with Crippen LogP contribution in [-0.4, -0.2) is 9.97 Å². The number of hydrogen-bond donors (Lipinski definition) is 1. The minimum atomic E-state index is -0.418. The molecule has 2 aromatic carbocycles. The van der Waals surface area contributed by atoms with E-state index in [1.165, 1.54) is 23.8 Å². The molecular formula is C16H13FOS. The van der Waals surface area contributed by atoms with Crippen LogP contribution in [0.4, 0.5) is 4.39 Å². The van der Waals surface area contributed by atoms with E-state index in [9.17, 15) is 9.50 Å². The van der Waals surface area contributed by atoms with E-state index in [1.807, 2.05) is 37.3 Å². The van der Waals surface area contributed by atoms with Crippen LogP contribution in [-0.2, 0) is 0 Å². The van der Waals surface area contributed by atoms with Gasteiger partial charge in [-0.05, 0) is 36.8 Å². The molecule has 19 heavy (non-hydrogen) atoms. The van der Waals surface area contributed by atoms with Gasteiger partial charge in [0.2, 0.25) is 0 Å². The Kier molecular flexibility index (Phi) is 4.07. The first kappa shape index (κ1) is 13.4. The number of thiocarbonyl (C=S) groups is 1. The molecule has 0 aliphatic rings. The minimum absolute atomic E-state index is 0.0139. The number of rotatable bonds is 3. The molecule has 0 unspecified atom stereocenters. The highest BCUT2D eigenvalue weighted by Gasteiger charge is 2.05. The number of benzene rings is 2. The van der Waals surface area contributed by atoms with Crippen LogP contribution in [0.5, 0.6) is 5.75 Å². The molecular weight excluding hydrogens is 259 g/mol. The summed E-state index contributed by atoms with van der Waals surface area (Å²) in [7, 11) is 0. The summed E-state index contributed by atoms with van der Waals surface area (Å²) in [5.74, 6) is -0.432. The maximum absolute atomic E-state index is 13.1. The Bertz CT molecular complexity index is 630. The quantitative estimate of drug-likeness (QED) is 0.511. The molecule has 0 spiro atoms. The monoisotopic (exact) mass is 272 g/mol. The third kappa shape index (κ3) is 3.48. The zero-order valence-electron chi connectivity index (χ0n) is 10.4. The molecule has 0 radical (unpaired) electrons. The summed E-state index contributed by atoms with van der Waals surface area (Å²) < 4.78 is 13.1. The van der Waals surface area contributed by atoms with Gasteiger partial charge in [-0.15, -0.1) is 0 Å². The first-order valence-electron chi connectivity index (χ1n) is 5.84. The summed E-state index contributed by atoms with van der Waals surface area (Å²) >= 11 is 5.18. The molecule has 2 aromatic rings. The molecule has 1 N–H and O–H groups in total. The van der Waals surface area contributed by atoms with Crippen LogP contribution < -0.4 is 0 Å². The van der Waals surface area contributed by atoms with E-state index in [4.69, 9.17) is 12.2 Å². The molecule has 0 fully saturated rings. The van der Waals surface area contributed by atoms with Crippen LogP contribution in [0.3, 0.4) is 0 Å². The van der Waals surface area contributed by atoms with Gasteiger partial charge in [0.25, 0.3) is 0 Å². The zero-order valence-corrected chi connectivity index (χ0v) is 11.2. The lowest BCUT2D eigenvalue weighted by atomic mass is 10.1. The van der Waals surface area contributed by atoms with Gasteiger partial charge in [-0.2, -0.15) is 0 Å². The van der Waals surface area contributed by atoms with Gasteiger partial charge in [-0.3, -0.25) is 0 Å². The molecule has 0 aliphatic carbocycles. The standard InChI is InChI=1S/C16H13FOS/c1-11-2-4-12(5-3-11)6-9-16(19)14-10-13(17)7-8-15(14)18/h2-10,18H,1H3. The maximum atomic E-state index is 13.1. The molecule has 0 saturated carbocycles. The van der Waals surface area contributed by atoms with E-state index >= 15 is 0 Å². The fourth-order valence-corrected chi connectivity index (χ4v) is 1.88. The predicted molar refractivity (Wildman–Crippen MR) is 80.0 cm³/mol. The van der Waals surface area contributed by atoms with E-state index in [0.717, 1.165) is 5.56 Å². The number of halogens is 1. The molecule has 3 heteroatoms. The van der Waals surface area contributed by atoms with Crippen molar-refractivity contribution in [1.29, 1.82) is 0 Å². The van der Waals surface area contributed by atoms with Gasteiger partial charge < -0.3 is 5.11 Å². The average molecular weight is 272 g/mol. The number of phenols is 1. The molecule has 96 valence electrons. The van der Waals surface area contributed by atoms with Crippen LogP contribution >= 0.6 is 12.2 Å². The number of phenolic OH excluding ortho intramolecular Hbond substituents is 1. The normalized spacial score (nSPS) is 10.8. The number of hydrogen-bond acceptors (Lipinski definition) is 2. The first-order chi connectivity index (χ1) is 9.06. The van der Waals surface area contributed by atoms with E-state index in [2.05, 4.69) is 0 Å². The minimum Gasteiger partial charge on any atom is -0.507 e. The van der Waals surface area contributed by atoms with Gasteiger partial charge in [0.15, 0.2) is 0 Å². The summed E-state index contributed by atoms with van der Waals surface area (Å²) in [6.07, 6.45) is 3.53. The molecule has 0 heterocycles. The summed E-state index contributed by atoms with van der Waals surface area (Å²) in [6.45, 7) is 2.02. The van der Waals surface area contributed by atoms with Crippen LogP contribution in [0.25, 0.3) is 6.08 Å². The first-order valence-corrected chi connectivity index (χ1v) is 6.25. The van der Waals surface area contributed by atoms with Gasteiger partial charge in [-0.1, -0.05) is 48.1 Å². The maximum Gasteiger partial charge on any atom is 0.124 e. The number of allylic oxidation sites excluding steroid dienone is 1. The van der Waals surface area contributed by atoms with Crippen molar-refractivity contribution in [2.75, 3.05) is 0 Å². The summed E-state index contributed by atoms with van der Waals surface area (Å²) in [4.78, 5) is 0.401. The SMILES string of the molecule is Cc1ccc(C=CC(=S)c2cc(F)ccc2O)cc1. The third-order valence-electron chi connectivity index (χ3n) is 2.73. The van der Waals surface area contributed by atoms with Crippen molar-refractivity contribution in [3.63, 3.8) is 0 Å². The third-order valence-corrected chi connectivity index (χ3v) is 3.08. The van der Waals surface area contributed by atoms with Crippen LogP contribution in [0.2, 0.25) is 0 Å². The molecule has 0 atom stereocenters. The van der Waals surface area contributed by atoms with E-state index in [1.54, 1.807) is 6.08 Å². The molecule has 1 nitrogen and oxygen atoms in total. The number of aromatic hydroxyl groups is 1. The predicted octanol–water partition coefficient (Wildman–Crippen LogP) is 4.27. The molecule has 0 amide bonds. The van der Waals surface area contributed by atoms with Crippen molar-refractivity contribution in [3.8, 4) is 5.75 Å². The summed E-state index contributed by atoms with van der Waals surface area (Å²) in [5, 5.41) is 9.65. The second-order valence-corrected chi connectivity index (χ2v) is 4.71. The lowest BCUT2D eigenvalue weighted by Gasteiger charge is -2.02. The second-order valence-electron chi connectivity index (χ2n) is 4.27. The lowest BCUT2D eigenvalue weighted by molar-refractivity contribution is 0.472. The largest absolute Gasteiger partial charge is 0.507 e. The molecule has 0 saturated heterocycles. The van der Waals surface area contributed by atoms with Gasteiger partial charge >= 0.3 is 0 Å².